The molecular formula is C9H18N+. The van der Waals surface area contributed by atoms with E-state index >= 15 is 0 Å². The Morgan fingerprint density at radius 2 is 1.50 bits per heavy atom. The molecule has 0 aliphatic heterocycles. The topological polar surface area (TPSA) is 4.36 Å². The Hall–Kier alpha value is -0.510. The first-order chi connectivity index (χ1) is 4.27. The lowest BCUT2D eigenvalue weighted by molar-refractivity contribution is 0.315. The summed E-state index contributed by atoms with van der Waals surface area (Å²) in [5, 5.41) is 0. The van der Waals surface area contributed by atoms with Gasteiger partial charge in [-0.25, -0.2) is 0 Å². The maximum absolute atomic E-state index is 5.24. The zero-order valence-corrected chi connectivity index (χ0v) is 7.73. The standard InChI is InChI=1S/C9H18N/c1-8(2,3)7-9(4,5)10-6/h6H,7H2,1-5H3/q+1. The molecule has 0 bridgehead atoms. The van der Waals surface area contributed by atoms with Gasteiger partial charge in [0.2, 0.25) is 0 Å². The Balaban J connectivity index is 4.05. The van der Waals surface area contributed by atoms with Crippen molar-refractivity contribution in [3.05, 3.63) is 4.85 Å². The first kappa shape index (κ1) is 9.49. The summed E-state index contributed by atoms with van der Waals surface area (Å²) >= 11 is 0. The Morgan fingerprint density at radius 3 is 1.60 bits per heavy atom. The lowest BCUT2D eigenvalue weighted by atomic mass is 9.82. The molecule has 0 saturated heterocycles. The van der Waals surface area contributed by atoms with Gasteiger partial charge in [-0.05, 0) is 5.41 Å². The fraction of sp³-hybridized carbons (Fsp3) is 0.889. The van der Waals surface area contributed by atoms with Gasteiger partial charge in [0.25, 0.3) is 12.1 Å². The van der Waals surface area contributed by atoms with Crippen LogP contribution < -0.4 is 0 Å². The van der Waals surface area contributed by atoms with E-state index in [4.69, 9.17) is 6.57 Å². The molecule has 0 amide bonds. The van der Waals surface area contributed by atoms with Crippen molar-refractivity contribution in [3.8, 4) is 6.57 Å². The van der Waals surface area contributed by atoms with Gasteiger partial charge in [-0.15, -0.1) is 0 Å². The Morgan fingerprint density at radius 1 is 1.10 bits per heavy atom. The van der Waals surface area contributed by atoms with E-state index in [1.165, 1.54) is 0 Å². The van der Waals surface area contributed by atoms with Gasteiger partial charge in [0, 0.05) is 20.3 Å². The molecule has 0 aromatic rings. The quantitative estimate of drug-likeness (QED) is 0.527. The lowest BCUT2D eigenvalue weighted by Crippen LogP contribution is -2.22. The molecule has 0 aromatic carbocycles. The summed E-state index contributed by atoms with van der Waals surface area (Å²) in [6, 6.07) is 0. The van der Waals surface area contributed by atoms with Crippen molar-refractivity contribution in [1.82, 2.24) is 0 Å². The molecular weight excluding hydrogens is 122 g/mol. The van der Waals surface area contributed by atoms with E-state index in [1.807, 2.05) is 0 Å². The molecule has 0 unspecified atom stereocenters. The molecule has 0 spiro atoms. The van der Waals surface area contributed by atoms with Gasteiger partial charge in [0.1, 0.15) is 0 Å². The van der Waals surface area contributed by atoms with Crippen molar-refractivity contribution in [2.24, 2.45) is 5.41 Å². The van der Waals surface area contributed by atoms with Crippen molar-refractivity contribution < 1.29 is 0 Å². The lowest BCUT2D eigenvalue weighted by Gasteiger charge is -2.20. The van der Waals surface area contributed by atoms with Crippen LogP contribution in [0.2, 0.25) is 0 Å². The molecule has 0 aromatic heterocycles. The number of hydrogen-bond donors (Lipinski definition) is 0. The third-order valence-corrected chi connectivity index (χ3v) is 1.31. The van der Waals surface area contributed by atoms with Crippen molar-refractivity contribution >= 4 is 0 Å². The van der Waals surface area contributed by atoms with Gasteiger partial charge in [0.05, 0.1) is 0 Å². The fourth-order valence-corrected chi connectivity index (χ4v) is 1.34. The minimum atomic E-state index is -0.0712. The van der Waals surface area contributed by atoms with E-state index < -0.39 is 0 Å². The molecule has 0 heterocycles. The summed E-state index contributed by atoms with van der Waals surface area (Å²) in [4.78, 5) is 3.81. The van der Waals surface area contributed by atoms with Gasteiger partial charge in [0.15, 0.2) is 0 Å². The normalized spacial score (nSPS) is 12.8. The fourth-order valence-electron chi connectivity index (χ4n) is 1.34. The van der Waals surface area contributed by atoms with Crippen LogP contribution in [0.3, 0.4) is 0 Å². The predicted octanol–water partition coefficient (Wildman–Crippen LogP) is 3.16. The second kappa shape index (κ2) is 2.62. The SMILES string of the molecule is C#[N+]C(C)(C)CC(C)(C)C. The number of nitrogens with zero attached hydrogens (tertiary/aromatic N) is 1. The van der Waals surface area contributed by atoms with Crippen LogP contribution >= 0.6 is 0 Å². The maximum Gasteiger partial charge on any atom is 0.275 e. The highest BCUT2D eigenvalue weighted by atomic mass is 14.8. The first-order valence-corrected chi connectivity index (χ1v) is 3.69. The zero-order chi connectivity index (χ0) is 8.41. The molecule has 0 fully saturated rings. The summed E-state index contributed by atoms with van der Waals surface area (Å²) in [5.41, 5.74) is 0.241. The molecule has 0 aliphatic rings. The summed E-state index contributed by atoms with van der Waals surface area (Å²) in [6.07, 6.45) is 1.02. The molecule has 0 rings (SSSR count). The molecule has 0 atom stereocenters. The average molecular weight is 140 g/mol. The molecule has 10 heavy (non-hydrogen) atoms. The van der Waals surface area contributed by atoms with Gasteiger partial charge in [-0.1, -0.05) is 25.6 Å². The molecule has 0 N–H and O–H groups in total. The molecule has 1 heteroatoms. The number of hydrogen-bond acceptors (Lipinski definition) is 0. The van der Waals surface area contributed by atoms with Crippen LogP contribution in [-0.4, -0.2) is 5.54 Å². The molecule has 58 valence electrons. The second-order valence-corrected chi connectivity index (χ2v) is 4.68. The van der Waals surface area contributed by atoms with E-state index in [0.29, 0.717) is 5.41 Å². The van der Waals surface area contributed by atoms with E-state index in [0.717, 1.165) is 6.42 Å². The second-order valence-electron chi connectivity index (χ2n) is 4.68. The van der Waals surface area contributed by atoms with E-state index in [2.05, 4.69) is 39.5 Å². The van der Waals surface area contributed by atoms with Crippen LogP contribution in [0.5, 0.6) is 0 Å². The van der Waals surface area contributed by atoms with Crippen molar-refractivity contribution in [1.29, 1.82) is 0 Å². The highest BCUT2D eigenvalue weighted by Gasteiger charge is 2.33. The summed E-state index contributed by atoms with van der Waals surface area (Å²) in [7, 11) is 0. The summed E-state index contributed by atoms with van der Waals surface area (Å²) in [6.45, 7) is 15.9. The minimum Gasteiger partial charge on any atom is -0.0810 e. The van der Waals surface area contributed by atoms with Gasteiger partial charge in [-0.3, -0.25) is 0 Å². The number of rotatable bonds is 1. The Kier molecular flexibility index (Phi) is 2.48. The highest BCUT2D eigenvalue weighted by Crippen LogP contribution is 2.28. The van der Waals surface area contributed by atoms with Crippen LogP contribution in [0.1, 0.15) is 41.0 Å². The van der Waals surface area contributed by atoms with Crippen LogP contribution in [0.15, 0.2) is 0 Å². The molecule has 0 saturated carbocycles. The average Bonchev–Trinajstić information content (AvgIpc) is 1.60. The van der Waals surface area contributed by atoms with Crippen LogP contribution in [0.25, 0.3) is 4.85 Å². The smallest absolute Gasteiger partial charge is 0.0810 e. The first-order valence-electron chi connectivity index (χ1n) is 3.69. The highest BCUT2D eigenvalue weighted by molar-refractivity contribution is 4.95. The van der Waals surface area contributed by atoms with Gasteiger partial charge >= 0.3 is 0 Å². The molecule has 1 nitrogen and oxygen atoms in total. The third kappa shape index (κ3) is 4.38. The molecule has 0 aliphatic carbocycles. The Labute approximate surface area is 64.3 Å². The predicted molar refractivity (Wildman–Crippen MR) is 46.5 cm³/mol. The Bertz CT molecular complexity index is 143. The van der Waals surface area contributed by atoms with Gasteiger partial charge < -0.3 is 0 Å². The third-order valence-electron chi connectivity index (χ3n) is 1.31. The minimum absolute atomic E-state index is 0.0712. The van der Waals surface area contributed by atoms with Crippen molar-refractivity contribution in [2.45, 2.75) is 46.6 Å². The summed E-state index contributed by atoms with van der Waals surface area (Å²) in [5.74, 6) is 0. The van der Waals surface area contributed by atoms with E-state index in [9.17, 15) is 0 Å². The van der Waals surface area contributed by atoms with Gasteiger partial charge in [-0.2, -0.15) is 0 Å². The monoisotopic (exact) mass is 140 g/mol. The zero-order valence-electron chi connectivity index (χ0n) is 7.73. The van der Waals surface area contributed by atoms with Crippen molar-refractivity contribution in [2.75, 3.05) is 0 Å². The molecule has 0 radical (unpaired) electrons. The van der Waals surface area contributed by atoms with E-state index in [1.54, 1.807) is 0 Å². The van der Waals surface area contributed by atoms with Crippen LogP contribution in [-0.2, 0) is 0 Å². The van der Waals surface area contributed by atoms with Crippen LogP contribution in [0.4, 0.5) is 0 Å². The van der Waals surface area contributed by atoms with E-state index in [-0.39, 0.29) is 5.54 Å². The van der Waals surface area contributed by atoms with Crippen LogP contribution in [0, 0.1) is 12.0 Å². The summed E-state index contributed by atoms with van der Waals surface area (Å²) < 4.78 is 0. The maximum atomic E-state index is 5.24. The van der Waals surface area contributed by atoms with Crippen molar-refractivity contribution in [3.63, 3.8) is 0 Å². The largest absolute Gasteiger partial charge is 0.275 e.